The smallest absolute Gasteiger partial charge is 0.326 e. The first-order chi connectivity index (χ1) is 19.3. The first kappa shape index (κ1) is 29.2. The largest absolute Gasteiger partial charge is 0.459 e. The number of hydrogen-bond acceptors (Lipinski definition) is 6. The topological polar surface area (TPSA) is 110 Å². The van der Waals surface area contributed by atoms with Crippen LogP contribution in [-0.4, -0.2) is 52.5 Å². The van der Waals surface area contributed by atoms with Gasteiger partial charge >= 0.3 is 5.97 Å². The monoisotopic (exact) mass is 561 g/mol. The average molecular weight is 562 g/mol. The second kappa shape index (κ2) is 13.6. The van der Waals surface area contributed by atoms with Crippen LogP contribution in [0.4, 0.5) is 0 Å². The summed E-state index contributed by atoms with van der Waals surface area (Å²) in [6.45, 7) is 1.50. The SMILES string of the molecule is C[C@H](N)C(=O)N1CCC[C@H]1C(=O)N(CC(=O)OCc1ccccc1)P(=O)(Cc1ccccc1)Cc1ccccc1. The molecule has 2 N–H and O–H groups in total. The Morgan fingerprint density at radius 3 is 1.90 bits per heavy atom. The molecule has 9 heteroatoms. The zero-order chi connectivity index (χ0) is 28.5. The van der Waals surface area contributed by atoms with Gasteiger partial charge in [-0.2, -0.15) is 0 Å². The first-order valence-corrected chi connectivity index (χ1v) is 15.5. The Labute approximate surface area is 235 Å². The molecule has 0 aliphatic carbocycles. The van der Waals surface area contributed by atoms with Crippen LogP contribution in [0.1, 0.15) is 36.5 Å². The minimum Gasteiger partial charge on any atom is -0.459 e. The Morgan fingerprint density at radius 1 is 0.900 bits per heavy atom. The molecular formula is C31H36N3O5P. The molecule has 4 rings (SSSR count). The molecule has 1 aliphatic heterocycles. The van der Waals surface area contributed by atoms with Crippen LogP contribution < -0.4 is 5.73 Å². The van der Waals surface area contributed by atoms with Crippen LogP contribution in [0.15, 0.2) is 91.0 Å². The molecule has 8 nitrogen and oxygen atoms in total. The standard InChI is InChI=1S/C31H36N3O5P/c1-24(32)30(36)33-19-11-18-28(33)31(37)34(20-29(35)39-21-25-12-5-2-6-13-25)40(38,22-26-14-7-3-8-15-26)23-27-16-9-4-10-17-27/h2-10,12-17,24,28H,11,18-23,32H2,1H3/t24-,28-/m0/s1. The van der Waals surface area contributed by atoms with Gasteiger partial charge < -0.3 is 15.4 Å². The molecule has 1 heterocycles. The van der Waals surface area contributed by atoms with Crippen molar-refractivity contribution >= 4 is 25.1 Å². The fraction of sp³-hybridized carbons (Fsp3) is 0.323. The molecule has 3 aromatic rings. The highest BCUT2D eigenvalue weighted by molar-refractivity contribution is 7.60. The van der Waals surface area contributed by atoms with Gasteiger partial charge in [-0.25, -0.2) is 0 Å². The van der Waals surface area contributed by atoms with E-state index in [9.17, 15) is 14.4 Å². The molecular weight excluding hydrogens is 525 g/mol. The van der Waals surface area contributed by atoms with Gasteiger partial charge in [0.05, 0.1) is 6.04 Å². The number of rotatable bonds is 11. The summed E-state index contributed by atoms with van der Waals surface area (Å²) < 4.78 is 21.8. The number of ether oxygens (including phenoxy) is 1. The molecule has 0 saturated carbocycles. The summed E-state index contributed by atoms with van der Waals surface area (Å²) in [5.41, 5.74) is 8.24. The number of likely N-dealkylation sites (tertiary alicyclic amines) is 1. The zero-order valence-electron chi connectivity index (χ0n) is 22.7. The molecule has 0 radical (unpaired) electrons. The van der Waals surface area contributed by atoms with Gasteiger partial charge in [-0.05, 0) is 36.5 Å². The Morgan fingerprint density at radius 2 is 1.40 bits per heavy atom. The van der Waals surface area contributed by atoms with Crippen molar-refractivity contribution in [2.24, 2.45) is 5.73 Å². The van der Waals surface area contributed by atoms with Crippen molar-refractivity contribution in [3.8, 4) is 0 Å². The van der Waals surface area contributed by atoms with Gasteiger partial charge in [0.15, 0.2) is 7.29 Å². The molecule has 210 valence electrons. The molecule has 1 fully saturated rings. The third-order valence-corrected chi connectivity index (χ3v) is 9.91. The van der Waals surface area contributed by atoms with Gasteiger partial charge in [0.1, 0.15) is 19.2 Å². The molecule has 0 spiro atoms. The lowest BCUT2D eigenvalue weighted by Crippen LogP contribution is -2.51. The van der Waals surface area contributed by atoms with E-state index in [0.717, 1.165) is 16.7 Å². The van der Waals surface area contributed by atoms with Gasteiger partial charge in [-0.1, -0.05) is 91.0 Å². The second-order valence-corrected chi connectivity index (χ2v) is 13.0. The van der Waals surface area contributed by atoms with Crippen molar-refractivity contribution < 1.29 is 23.7 Å². The molecule has 2 atom stereocenters. The normalized spacial score (nSPS) is 15.8. The van der Waals surface area contributed by atoms with Crippen molar-refractivity contribution in [1.29, 1.82) is 0 Å². The summed E-state index contributed by atoms with van der Waals surface area (Å²) in [4.78, 5) is 41.7. The highest BCUT2D eigenvalue weighted by atomic mass is 31.2. The van der Waals surface area contributed by atoms with Crippen molar-refractivity contribution in [2.45, 2.75) is 50.8 Å². The van der Waals surface area contributed by atoms with E-state index in [1.807, 2.05) is 91.0 Å². The van der Waals surface area contributed by atoms with E-state index >= 15 is 4.57 Å². The highest BCUT2D eigenvalue weighted by Gasteiger charge is 2.44. The van der Waals surface area contributed by atoms with Crippen molar-refractivity contribution in [1.82, 2.24) is 9.57 Å². The maximum absolute atomic E-state index is 15.0. The van der Waals surface area contributed by atoms with Crippen molar-refractivity contribution in [3.05, 3.63) is 108 Å². The van der Waals surface area contributed by atoms with E-state index in [-0.39, 0.29) is 24.8 Å². The van der Waals surface area contributed by atoms with E-state index in [2.05, 4.69) is 0 Å². The van der Waals surface area contributed by atoms with Crippen LogP contribution in [0.3, 0.4) is 0 Å². The Hall–Kier alpha value is -3.74. The summed E-state index contributed by atoms with van der Waals surface area (Å²) in [6, 6.07) is 26.2. The maximum Gasteiger partial charge on any atom is 0.326 e. The Kier molecular flexibility index (Phi) is 9.91. The van der Waals surface area contributed by atoms with Crippen LogP contribution in [-0.2, 0) is 42.6 Å². The summed E-state index contributed by atoms with van der Waals surface area (Å²) in [7, 11) is -3.60. The van der Waals surface area contributed by atoms with Crippen LogP contribution in [0.5, 0.6) is 0 Å². The molecule has 0 unspecified atom stereocenters. The molecule has 1 aliphatic rings. The minimum absolute atomic E-state index is 0.0299. The maximum atomic E-state index is 15.0. The number of hydrogen-bond donors (Lipinski definition) is 1. The number of nitrogens with zero attached hydrogens (tertiary/aromatic N) is 2. The molecule has 0 aromatic heterocycles. The number of amides is 2. The number of carbonyl (C=O) groups excluding carboxylic acids is 3. The van der Waals surface area contributed by atoms with Gasteiger partial charge in [0, 0.05) is 18.9 Å². The van der Waals surface area contributed by atoms with Crippen LogP contribution in [0, 0.1) is 0 Å². The van der Waals surface area contributed by atoms with Crippen LogP contribution in [0.2, 0.25) is 0 Å². The predicted octanol–water partition coefficient (Wildman–Crippen LogP) is 4.58. The zero-order valence-corrected chi connectivity index (χ0v) is 23.6. The molecule has 40 heavy (non-hydrogen) atoms. The van der Waals surface area contributed by atoms with Crippen molar-refractivity contribution in [3.63, 3.8) is 0 Å². The number of carbonyl (C=O) groups is 3. The quantitative estimate of drug-likeness (QED) is 0.271. The van der Waals surface area contributed by atoms with Gasteiger partial charge in [0.25, 0.3) is 5.91 Å². The predicted molar refractivity (Wildman–Crippen MR) is 154 cm³/mol. The van der Waals surface area contributed by atoms with Gasteiger partial charge in [-0.15, -0.1) is 0 Å². The summed E-state index contributed by atoms with van der Waals surface area (Å²) in [5.74, 6) is -1.52. The van der Waals surface area contributed by atoms with E-state index in [1.54, 1.807) is 6.92 Å². The highest BCUT2D eigenvalue weighted by Crippen LogP contribution is 2.56. The second-order valence-electron chi connectivity index (χ2n) is 10.2. The molecule has 2 amide bonds. The van der Waals surface area contributed by atoms with E-state index in [0.29, 0.717) is 19.4 Å². The van der Waals surface area contributed by atoms with Gasteiger partial charge in [-0.3, -0.25) is 23.6 Å². The lowest BCUT2D eigenvalue weighted by Gasteiger charge is -2.36. The minimum atomic E-state index is -3.60. The van der Waals surface area contributed by atoms with Crippen molar-refractivity contribution in [2.75, 3.05) is 13.1 Å². The average Bonchev–Trinajstić information content (AvgIpc) is 3.45. The lowest BCUT2D eigenvalue weighted by molar-refractivity contribution is -0.149. The third kappa shape index (κ3) is 7.46. The number of esters is 1. The molecule has 1 saturated heterocycles. The van der Waals surface area contributed by atoms with E-state index < -0.39 is 37.8 Å². The Balaban J connectivity index is 1.69. The fourth-order valence-electron chi connectivity index (χ4n) is 4.98. The summed E-state index contributed by atoms with van der Waals surface area (Å²) in [5, 5.41) is 0. The van der Waals surface area contributed by atoms with Crippen LogP contribution >= 0.6 is 7.29 Å². The molecule has 0 bridgehead atoms. The number of nitrogens with two attached hydrogens (primary N) is 1. The first-order valence-electron chi connectivity index (χ1n) is 13.5. The number of benzene rings is 3. The summed E-state index contributed by atoms with van der Waals surface area (Å²) in [6.07, 6.45) is 1.18. The van der Waals surface area contributed by atoms with E-state index in [4.69, 9.17) is 10.5 Å². The third-order valence-electron chi connectivity index (χ3n) is 6.97. The summed E-state index contributed by atoms with van der Waals surface area (Å²) >= 11 is 0. The van der Waals surface area contributed by atoms with Gasteiger partial charge in [0.2, 0.25) is 5.91 Å². The van der Waals surface area contributed by atoms with E-state index in [1.165, 1.54) is 9.57 Å². The van der Waals surface area contributed by atoms with Crippen LogP contribution in [0.25, 0.3) is 0 Å². The lowest BCUT2D eigenvalue weighted by atomic mass is 10.2. The Bertz CT molecular complexity index is 1290. The fourth-order valence-corrected chi connectivity index (χ4v) is 7.86. The molecule has 3 aromatic carbocycles.